The minimum Gasteiger partial charge on any atom is -0.463 e. The zero-order valence-corrected chi connectivity index (χ0v) is 23.2. The number of carbonyl (C=O) groups is 1. The molecule has 3 aromatic rings. The number of piperidine rings is 2. The molecule has 0 atom stereocenters. The smallest absolute Gasteiger partial charge is 0.328 e. The van der Waals surface area contributed by atoms with Crippen molar-refractivity contribution in [1.82, 2.24) is 29.3 Å². The summed E-state index contributed by atoms with van der Waals surface area (Å²) >= 11 is 0. The molecule has 39 heavy (non-hydrogen) atoms. The summed E-state index contributed by atoms with van der Waals surface area (Å²) in [6.07, 6.45) is 9.83. The second-order valence-corrected chi connectivity index (χ2v) is 10.8. The first-order valence-corrected chi connectivity index (χ1v) is 14.5. The summed E-state index contributed by atoms with van der Waals surface area (Å²) in [5.74, 6) is -0.0354. The standard InChI is InChI=1S/C29H41N7O3/c1-3-4-19-39-28-32-25(30-21(2)37)24-26(33-28)36(29(38)31-24)20-22-11-13-23(14-12-22)27(34-15-7-5-8-16-34)35-17-9-6-10-18-35/h11-14,27H,3-10,15-20H2,1-2H3,(H,31,38)(H,30,32,33,37). The number of aromatic nitrogens is 4. The lowest BCUT2D eigenvalue weighted by Crippen LogP contribution is -2.45. The Kier molecular flexibility index (Phi) is 8.93. The topological polar surface area (TPSA) is 108 Å². The van der Waals surface area contributed by atoms with Gasteiger partial charge in [0.2, 0.25) is 5.91 Å². The third-order valence-electron chi connectivity index (χ3n) is 7.72. The third-order valence-corrected chi connectivity index (χ3v) is 7.72. The Hall–Kier alpha value is -3.24. The molecule has 0 aliphatic carbocycles. The Morgan fingerprint density at radius 2 is 1.64 bits per heavy atom. The van der Waals surface area contributed by atoms with Crippen LogP contribution in [0.3, 0.4) is 0 Å². The van der Waals surface area contributed by atoms with Gasteiger partial charge >= 0.3 is 11.7 Å². The molecule has 1 amide bonds. The summed E-state index contributed by atoms with van der Waals surface area (Å²) in [5.41, 5.74) is 2.82. The average Bonchev–Trinajstić information content (AvgIpc) is 3.26. The van der Waals surface area contributed by atoms with Gasteiger partial charge in [-0.05, 0) is 69.4 Å². The van der Waals surface area contributed by atoms with Crippen LogP contribution >= 0.6 is 0 Å². The van der Waals surface area contributed by atoms with Gasteiger partial charge in [-0.25, -0.2) is 4.79 Å². The van der Waals surface area contributed by atoms with Crippen molar-refractivity contribution in [2.24, 2.45) is 0 Å². The van der Waals surface area contributed by atoms with Gasteiger partial charge < -0.3 is 15.0 Å². The van der Waals surface area contributed by atoms with Gasteiger partial charge in [-0.2, -0.15) is 9.97 Å². The van der Waals surface area contributed by atoms with Crippen molar-refractivity contribution in [2.45, 2.75) is 77.9 Å². The van der Waals surface area contributed by atoms with Crippen molar-refractivity contribution in [2.75, 3.05) is 38.1 Å². The number of nitrogens with zero attached hydrogens (tertiary/aromatic N) is 5. The summed E-state index contributed by atoms with van der Waals surface area (Å²) in [6.45, 7) is 8.88. The number of aromatic amines is 1. The van der Waals surface area contributed by atoms with Crippen molar-refractivity contribution < 1.29 is 9.53 Å². The van der Waals surface area contributed by atoms with Crippen LogP contribution in [-0.4, -0.2) is 68.0 Å². The number of anilines is 1. The lowest BCUT2D eigenvalue weighted by molar-refractivity contribution is -0.114. The first-order chi connectivity index (χ1) is 19.0. The van der Waals surface area contributed by atoms with E-state index in [1.165, 1.54) is 51.0 Å². The second kappa shape index (κ2) is 12.7. The molecular weight excluding hydrogens is 494 g/mol. The summed E-state index contributed by atoms with van der Waals surface area (Å²) in [4.78, 5) is 41.8. The number of carbonyl (C=O) groups excluding carboxylic acids is 1. The van der Waals surface area contributed by atoms with E-state index < -0.39 is 0 Å². The molecule has 0 radical (unpaired) electrons. The van der Waals surface area contributed by atoms with Crippen LogP contribution in [0.4, 0.5) is 5.82 Å². The predicted molar refractivity (Wildman–Crippen MR) is 152 cm³/mol. The van der Waals surface area contributed by atoms with E-state index >= 15 is 0 Å². The zero-order valence-electron chi connectivity index (χ0n) is 23.2. The Morgan fingerprint density at radius 3 is 2.23 bits per heavy atom. The van der Waals surface area contributed by atoms with Crippen LogP contribution in [0.25, 0.3) is 11.2 Å². The fourth-order valence-electron chi connectivity index (χ4n) is 5.74. The van der Waals surface area contributed by atoms with E-state index in [9.17, 15) is 9.59 Å². The van der Waals surface area contributed by atoms with Crippen LogP contribution in [0.1, 0.15) is 82.5 Å². The van der Waals surface area contributed by atoms with Gasteiger partial charge in [-0.15, -0.1) is 0 Å². The van der Waals surface area contributed by atoms with Crippen LogP contribution < -0.4 is 15.7 Å². The molecular formula is C29H41N7O3. The average molecular weight is 536 g/mol. The summed E-state index contributed by atoms with van der Waals surface area (Å²) in [6, 6.07) is 8.83. The lowest BCUT2D eigenvalue weighted by Gasteiger charge is -2.43. The molecule has 2 N–H and O–H groups in total. The van der Waals surface area contributed by atoms with E-state index in [1.54, 1.807) is 4.57 Å². The highest BCUT2D eigenvalue weighted by atomic mass is 16.5. The quantitative estimate of drug-likeness (QED) is 0.373. The van der Waals surface area contributed by atoms with E-state index in [2.05, 4.69) is 61.3 Å². The number of imidazole rings is 1. The Balaban J connectivity index is 1.42. The molecule has 210 valence electrons. The molecule has 5 rings (SSSR count). The molecule has 0 saturated carbocycles. The van der Waals surface area contributed by atoms with E-state index in [0.717, 1.165) is 44.6 Å². The lowest BCUT2D eigenvalue weighted by atomic mass is 10.0. The van der Waals surface area contributed by atoms with Crippen LogP contribution in [0.2, 0.25) is 0 Å². The van der Waals surface area contributed by atoms with Gasteiger partial charge in [0.1, 0.15) is 5.52 Å². The van der Waals surface area contributed by atoms with Gasteiger partial charge in [0.05, 0.1) is 19.3 Å². The molecule has 0 bridgehead atoms. The van der Waals surface area contributed by atoms with Crippen molar-refractivity contribution in [3.63, 3.8) is 0 Å². The predicted octanol–water partition coefficient (Wildman–Crippen LogP) is 4.28. The fraction of sp³-hybridized carbons (Fsp3) is 0.586. The molecule has 2 aliphatic rings. The molecule has 2 fully saturated rings. The summed E-state index contributed by atoms with van der Waals surface area (Å²) < 4.78 is 7.32. The number of rotatable bonds is 10. The number of hydrogen-bond acceptors (Lipinski definition) is 7. The van der Waals surface area contributed by atoms with Crippen molar-refractivity contribution in [3.8, 4) is 6.01 Å². The maximum atomic E-state index is 13.0. The largest absolute Gasteiger partial charge is 0.463 e. The summed E-state index contributed by atoms with van der Waals surface area (Å²) in [5, 5.41) is 2.70. The van der Waals surface area contributed by atoms with Crippen molar-refractivity contribution in [1.29, 1.82) is 0 Å². The number of benzene rings is 1. The first kappa shape index (κ1) is 27.3. The van der Waals surface area contributed by atoms with Gasteiger partial charge in [0, 0.05) is 6.92 Å². The van der Waals surface area contributed by atoms with Gasteiger partial charge in [0.25, 0.3) is 0 Å². The maximum absolute atomic E-state index is 13.0. The molecule has 1 aromatic carbocycles. The van der Waals surface area contributed by atoms with Gasteiger partial charge in [0.15, 0.2) is 11.5 Å². The van der Waals surface area contributed by atoms with Crippen LogP contribution in [0.15, 0.2) is 29.1 Å². The van der Waals surface area contributed by atoms with E-state index in [1.807, 2.05) is 0 Å². The molecule has 0 spiro atoms. The number of likely N-dealkylation sites (tertiary alicyclic amines) is 2. The highest BCUT2D eigenvalue weighted by Gasteiger charge is 2.29. The van der Waals surface area contributed by atoms with Crippen LogP contribution in [0.5, 0.6) is 6.01 Å². The number of unbranched alkanes of at least 4 members (excludes halogenated alkanes) is 1. The first-order valence-electron chi connectivity index (χ1n) is 14.5. The molecule has 2 aromatic heterocycles. The second-order valence-electron chi connectivity index (χ2n) is 10.8. The van der Waals surface area contributed by atoms with Gasteiger partial charge in [-0.3, -0.25) is 19.2 Å². The molecule has 10 nitrogen and oxygen atoms in total. The normalized spacial score (nSPS) is 17.1. The molecule has 4 heterocycles. The third kappa shape index (κ3) is 6.50. The SMILES string of the molecule is CCCCOc1nc(NC(C)=O)c2[nH]c(=O)n(Cc3ccc(C(N4CCCCC4)N4CCCCC4)cc3)c2n1. The Bertz CT molecular complexity index is 1290. The van der Waals surface area contributed by atoms with Crippen LogP contribution in [-0.2, 0) is 11.3 Å². The fourth-order valence-corrected chi connectivity index (χ4v) is 5.74. The zero-order chi connectivity index (χ0) is 27.2. The highest BCUT2D eigenvalue weighted by Crippen LogP contribution is 2.31. The minimum absolute atomic E-state index is 0.147. The number of H-pyrrole nitrogens is 1. The number of fused-ring (bicyclic) bond motifs is 1. The number of ether oxygens (including phenoxy) is 1. The molecule has 10 heteroatoms. The van der Waals surface area contributed by atoms with Crippen molar-refractivity contribution >= 4 is 22.9 Å². The van der Waals surface area contributed by atoms with Crippen LogP contribution in [0, 0.1) is 0 Å². The van der Waals surface area contributed by atoms with Gasteiger partial charge in [-0.1, -0.05) is 50.5 Å². The maximum Gasteiger partial charge on any atom is 0.328 e. The number of hydrogen-bond donors (Lipinski definition) is 2. The highest BCUT2D eigenvalue weighted by molar-refractivity contribution is 5.95. The van der Waals surface area contributed by atoms with E-state index in [4.69, 9.17) is 4.74 Å². The molecule has 2 saturated heterocycles. The molecule has 0 unspecified atom stereocenters. The summed E-state index contributed by atoms with van der Waals surface area (Å²) in [7, 11) is 0. The molecule has 2 aliphatic heterocycles. The Morgan fingerprint density at radius 1 is 1.00 bits per heavy atom. The monoisotopic (exact) mass is 535 g/mol. The Labute approximate surface area is 229 Å². The van der Waals surface area contributed by atoms with Crippen molar-refractivity contribution in [3.05, 3.63) is 45.9 Å². The van der Waals surface area contributed by atoms with E-state index in [-0.39, 0.29) is 23.4 Å². The minimum atomic E-state index is -0.305. The number of amides is 1. The number of nitrogens with one attached hydrogen (secondary N) is 2. The van der Waals surface area contributed by atoms with E-state index in [0.29, 0.717) is 30.5 Å².